The van der Waals surface area contributed by atoms with Crippen LogP contribution in [0.15, 0.2) is 24.3 Å². The summed E-state index contributed by atoms with van der Waals surface area (Å²) in [5.74, 6) is 1.57. The highest BCUT2D eigenvalue weighted by molar-refractivity contribution is 5.80. The molecule has 5 heteroatoms. The Morgan fingerprint density at radius 2 is 2.16 bits per heavy atom. The van der Waals surface area contributed by atoms with Crippen LogP contribution in [0.1, 0.15) is 51.4 Å². The molecule has 4 rings (SSSR count). The summed E-state index contributed by atoms with van der Waals surface area (Å²) in [6.45, 7) is 7.04. The standard InChI is InChI=1S/C20H28N4O/c1-3-23-17-8-5-4-7-16(17)22-19(23)18-9-6-12-24(18)20(25)15-10-11-21-14(2)13-15/h4-5,7-8,14-15,18,21H,3,6,9-13H2,1-2H3/t14-,15-,18?/m0/s1. The summed E-state index contributed by atoms with van der Waals surface area (Å²) in [6, 6.07) is 8.86. The van der Waals surface area contributed by atoms with Gasteiger partial charge in [0.25, 0.3) is 0 Å². The number of rotatable bonds is 3. The summed E-state index contributed by atoms with van der Waals surface area (Å²) in [6.07, 6.45) is 4.00. The zero-order valence-corrected chi connectivity index (χ0v) is 15.2. The third-order valence-corrected chi connectivity index (χ3v) is 5.81. The molecule has 1 unspecified atom stereocenters. The van der Waals surface area contributed by atoms with Crippen molar-refractivity contribution in [3.63, 3.8) is 0 Å². The Balaban J connectivity index is 1.64. The first-order valence-electron chi connectivity index (χ1n) is 9.68. The van der Waals surface area contributed by atoms with Crippen LogP contribution in [0.5, 0.6) is 0 Å². The molecule has 134 valence electrons. The number of nitrogens with one attached hydrogen (secondary N) is 1. The van der Waals surface area contributed by atoms with E-state index in [1.807, 2.05) is 6.07 Å². The minimum Gasteiger partial charge on any atom is -0.332 e. The van der Waals surface area contributed by atoms with Gasteiger partial charge in [-0.1, -0.05) is 12.1 Å². The van der Waals surface area contributed by atoms with Gasteiger partial charge in [0.05, 0.1) is 17.1 Å². The fourth-order valence-corrected chi connectivity index (χ4v) is 4.57. The number of carbonyl (C=O) groups excluding carboxylic acids is 1. The zero-order chi connectivity index (χ0) is 17.4. The molecule has 0 aliphatic carbocycles. The van der Waals surface area contributed by atoms with Gasteiger partial charge in [-0.2, -0.15) is 0 Å². The lowest BCUT2D eigenvalue weighted by Gasteiger charge is -2.33. The van der Waals surface area contributed by atoms with Crippen molar-refractivity contribution >= 4 is 16.9 Å². The van der Waals surface area contributed by atoms with Gasteiger partial charge in [0.15, 0.2) is 0 Å². The quantitative estimate of drug-likeness (QED) is 0.934. The second kappa shape index (κ2) is 6.79. The first-order chi connectivity index (χ1) is 12.2. The van der Waals surface area contributed by atoms with E-state index in [4.69, 9.17) is 4.98 Å². The number of imidazole rings is 1. The minimum atomic E-state index is 0.130. The van der Waals surface area contributed by atoms with E-state index in [0.29, 0.717) is 11.9 Å². The van der Waals surface area contributed by atoms with E-state index < -0.39 is 0 Å². The average molecular weight is 340 g/mol. The van der Waals surface area contributed by atoms with Gasteiger partial charge in [-0.05, 0) is 58.2 Å². The first-order valence-corrected chi connectivity index (χ1v) is 9.68. The summed E-state index contributed by atoms with van der Waals surface area (Å²) in [7, 11) is 0. The number of hydrogen-bond acceptors (Lipinski definition) is 3. The van der Waals surface area contributed by atoms with Crippen LogP contribution >= 0.6 is 0 Å². The number of carbonyl (C=O) groups is 1. The molecule has 1 aromatic carbocycles. The number of aromatic nitrogens is 2. The number of hydrogen-bond donors (Lipinski definition) is 1. The summed E-state index contributed by atoms with van der Waals surface area (Å²) in [5.41, 5.74) is 2.21. The maximum absolute atomic E-state index is 13.2. The van der Waals surface area contributed by atoms with Gasteiger partial charge >= 0.3 is 0 Å². The predicted octanol–water partition coefficient (Wildman–Crippen LogP) is 3.11. The van der Waals surface area contributed by atoms with E-state index in [-0.39, 0.29) is 12.0 Å². The molecule has 1 N–H and O–H groups in total. The molecule has 0 radical (unpaired) electrons. The molecule has 5 nitrogen and oxygen atoms in total. The Labute approximate surface area is 149 Å². The smallest absolute Gasteiger partial charge is 0.226 e. The maximum Gasteiger partial charge on any atom is 0.226 e. The van der Waals surface area contributed by atoms with Gasteiger partial charge in [0, 0.05) is 25.0 Å². The summed E-state index contributed by atoms with van der Waals surface area (Å²) in [5, 5.41) is 3.45. The third kappa shape index (κ3) is 2.95. The number of fused-ring (bicyclic) bond motifs is 1. The molecule has 3 heterocycles. The lowest BCUT2D eigenvalue weighted by atomic mass is 9.91. The SMILES string of the molecule is CCn1c(C2CCCN2C(=O)[C@H]2CCN[C@@H](C)C2)nc2ccccc21. The van der Waals surface area contributed by atoms with Crippen molar-refractivity contribution in [2.45, 2.75) is 58.2 Å². The first kappa shape index (κ1) is 16.6. The molecular formula is C20H28N4O. The van der Waals surface area contributed by atoms with Gasteiger partial charge in [0.1, 0.15) is 5.82 Å². The number of benzene rings is 1. The molecule has 2 aliphatic heterocycles. The second-order valence-corrected chi connectivity index (χ2v) is 7.47. The molecule has 2 saturated heterocycles. The van der Waals surface area contributed by atoms with E-state index in [1.54, 1.807) is 0 Å². The number of aryl methyl sites for hydroxylation is 1. The second-order valence-electron chi connectivity index (χ2n) is 7.47. The van der Waals surface area contributed by atoms with Crippen molar-refractivity contribution in [2.75, 3.05) is 13.1 Å². The van der Waals surface area contributed by atoms with Crippen molar-refractivity contribution in [3.8, 4) is 0 Å². The molecule has 0 bridgehead atoms. The highest BCUT2D eigenvalue weighted by Crippen LogP contribution is 2.35. The van der Waals surface area contributed by atoms with Crippen LogP contribution in [0.2, 0.25) is 0 Å². The third-order valence-electron chi connectivity index (χ3n) is 5.81. The van der Waals surface area contributed by atoms with Crippen molar-refractivity contribution < 1.29 is 4.79 Å². The molecule has 1 amide bonds. The van der Waals surface area contributed by atoms with Gasteiger partial charge in [-0.15, -0.1) is 0 Å². The van der Waals surface area contributed by atoms with E-state index in [1.165, 1.54) is 5.52 Å². The summed E-state index contributed by atoms with van der Waals surface area (Å²) in [4.78, 5) is 20.2. The van der Waals surface area contributed by atoms with E-state index >= 15 is 0 Å². The van der Waals surface area contributed by atoms with Crippen LogP contribution in [0.3, 0.4) is 0 Å². The summed E-state index contributed by atoms with van der Waals surface area (Å²) < 4.78 is 2.29. The van der Waals surface area contributed by atoms with Crippen LogP contribution in [0.4, 0.5) is 0 Å². The maximum atomic E-state index is 13.2. The van der Waals surface area contributed by atoms with Crippen molar-refractivity contribution in [3.05, 3.63) is 30.1 Å². The number of nitrogens with zero attached hydrogens (tertiary/aromatic N) is 3. The number of amides is 1. The van der Waals surface area contributed by atoms with Crippen LogP contribution in [-0.4, -0.2) is 39.5 Å². The molecule has 1 aromatic heterocycles. The lowest BCUT2D eigenvalue weighted by molar-refractivity contribution is -0.137. The van der Waals surface area contributed by atoms with Crippen LogP contribution < -0.4 is 5.32 Å². The Kier molecular flexibility index (Phi) is 4.50. The minimum absolute atomic E-state index is 0.130. The molecule has 3 atom stereocenters. The monoisotopic (exact) mass is 340 g/mol. The molecule has 25 heavy (non-hydrogen) atoms. The van der Waals surface area contributed by atoms with E-state index in [2.05, 4.69) is 46.8 Å². The Morgan fingerprint density at radius 1 is 1.32 bits per heavy atom. The topological polar surface area (TPSA) is 50.2 Å². The molecule has 2 aliphatic rings. The number of likely N-dealkylation sites (tertiary alicyclic amines) is 1. The lowest BCUT2D eigenvalue weighted by Crippen LogP contribution is -2.44. The van der Waals surface area contributed by atoms with Gasteiger partial charge in [0.2, 0.25) is 5.91 Å². The molecule has 2 aromatic rings. The molecular weight excluding hydrogens is 312 g/mol. The van der Waals surface area contributed by atoms with Crippen LogP contribution in [-0.2, 0) is 11.3 Å². The zero-order valence-electron chi connectivity index (χ0n) is 15.2. The number of para-hydroxylation sites is 2. The Hall–Kier alpha value is -1.88. The van der Waals surface area contributed by atoms with Crippen molar-refractivity contribution in [1.82, 2.24) is 19.8 Å². The van der Waals surface area contributed by atoms with Crippen molar-refractivity contribution in [1.29, 1.82) is 0 Å². The average Bonchev–Trinajstić information content (AvgIpc) is 3.25. The van der Waals surface area contributed by atoms with E-state index in [0.717, 1.165) is 56.7 Å². The largest absolute Gasteiger partial charge is 0.332 e. The van der Waals surface area contributed by atoms with Crippen molar-refractivity contribution in [2.24, 2.45) is 5.92 Å². The fourth-order valence-electron chi connectivity index (χ4n) is 4.57. The highest BCUT2D eigenvalue weighted by Gasteiger charge is 2.37. The molecule has 0 spiro atoms. The normalized spacial score (nSPS) is 27.1. The Morgan fingerprint density at radius 3 is 2.96 bits per heavy atom. The van der Waals surface area contributed by atoms with Gasteiger partial charge in [-0.3, -0.25) is 4.79 Å². The van der Waals surface area contributed by atoms with E-state index in [9.17, 15) is 4.79 Å². The van der Waals surface area contributed by atoms with Crippen LogP contribution in [0, 0.1) is 5.92 Å². The Bertz CT molecular complexity index is 768. The molecule has 0 saturated carbocycles. The van der Waals surface area contributed by atoms with Gasteiger partial charge in [-0.25, -0.2) is 4.98 Å². The fraction of sp³-hybridized carbons (Fsp3) is 0.600. The highest BCUT2D eigenvalue weighted by atomic mass is 16.2. The summed E-state index contributed by atoms with van der Waals surface area (Å²) >= 11 is 0. The predicted molar refractivity (Wildman–Crippen MR) is 99.3 cm³/mol. The van der Waals surface area contributed by atoms with Crippen LogP contribution in [0.25, 0.3) is 11.0 Å². The number of piperidine rings is 1. The molecule has 2 fully saturated rings. The van der Waals surface area contributed by atoms with Gasteiger partial charge < -0.3 is 14.8 Å².